The molecule has 1 aliphatic rings. The van der Waals surface area contributed by atoms with Crippen molar-refractivity contribution in [1.82, 2.24) is 5.32 Å². The van der Waals surface area contributed by atoms with Gasteiger partial charge in [0.05, 0.1) is 0 Å². The third-order valence-electron chi connectivity index (χ3n) is 3.28. The fraction of sp³-hybridized carbons (Fsp3) is 0.571. The lowest BCUT2D eigenvalue weighted by Gasteiger charge is -2.23. The summed E-state index contributed by atoms with van der Waals surface area (Å²) >= 11 is 0. The molecular weight excluding hydrogens is 220 g/mol. The van der Waals surface area contributed by atoms with Gasteiger partial charge in [0.2, 0.25) is 6.43 Å². The van der Waals surface area contributed by atoms with E-state index in [0.717, 1.165) is 18.5 Å². The molecule has 0 saturated carbocycles. The van der Waals surface area contributed by atoms with Crippen molar-refractivity contribution in [2.24, 2.45) is 0 Å². The fourth-order valence-electron chi connectivity index (χ4n) is 2.44. The van der Waals surface area contributed by atoms with E-state index in [-0.39, 0.29) is 6.42 Å². The van der Waals surface area contributed by atoms with Crippen LogP contribution in [0.5, 0.6) is 0 Å². The van der Waals surface area contributed by atoms with Gasteiger partial charge >= 0.3 is 0 Å². The molecule has 1 atom stereocenters. The molecule has 1 heterocycles. The summed E-state index contributed by atoms with van der Waals surface area (Å²) in [4.78, 5) is 0. The van der Waals surface area contributed by atoms with Crippen molar-refractivity contribution in [3.63, 3.8) is 0 Å². The lowest BCUT2D eigenvalue weighted by Crippen LogP contribution is -2.35. The van der Waals surface area contributed by atoms with Crippen LogP contribution in [-0.2, 0) is 12.8 Å². The Kier molecular flexibility index (Phi) is 4.49. The van der Waals surface area contributed by atoms with Gasteiger partial charge in [0.25, 0.3) is 0 Å². The van der Waals surface area contributed by atoms with Crippen LogP contribution in [0.25, 0.3) is 0 Å². The van der Waals surface area contributed by atoms with Crippen molar-refractivity contribution < 1.29 is 8.78 Å². The first kappa shape index (κ1) is 12.5. The first-order valence-corrected chi connectivity index (χ1v) is 6.33. The molecule has 2 rings (SSSR count). The number of nitrogens with one attached hydrogen (secondary N) is 1. The summed E-state index contributed by atoms with van der Waals surface area (Å²) in [6.07, 6.45) is 2.29. The van der Waals surface area contributed by atoms with E-state index in [0.29, 0.717) is 6.04 Å². The number of rotatable bonds is 4. The molecule has 0 radical (unpaired) electrons. The number of benzene rings is 1. The highest BCUT2D eigenvalue weighted by atomic mass is 19.3. The van der Waals surface area contributed by atoms with Crippen molar-refractivity contribution in [2.45, 2.75) is 44.6 Å². The molecule has 1 aromatic carbocycles. The van der Waals surface area contributed by atoms with Gasteiger partial charge in [0, 0.05) is 12.5 Å². The maximum atomic E-state index is 12.3. The number of piperidine rings is 1. The van der Waals surface area contributed by atoms with Gasteiger partial charge in [-0.1, -0.05) is 30.7 Å². The Morgan fingerprint density at radius 3 is 2.76 bits per heavy atom. The topological polar surface area (TPSA) is 12.0 Å². The Labute approximate surface area is 101 Å². The molecule has 0 bridgehead atoms. The summed E-state index contributed by atoms with van der Waals surface area (Å²) in [7, 11) is 0. The molecule has 0 amide bonds. The second kappa shape index (κ2) is 6.10. The van der Waals surface area contributed by atoms with Crippen molar-refractivity contribution >= 4 is 0 Å². The van der Waals surface area contributed by atoms with Crippen LogP contribution in [0.15, 0.2) is 24.3 Å². The summed E-state index contributed by atoms with van der Waals surface area (Å²) in [5.74, 6) is 0. The predicted molar refractivity (Wildman–Crippen MR) is 65.5 cm³/mol. The molecule has 0 aromatic heterocycles. The van der Waals surface area contributed by atoms with E-state index in [1.54, 1.807) is 6.07 Å². The molecule has 17 heavy (non-hydrogen) atoms. The Morgan fingerprint density at radius 1 is 1.24 bits per heavy atom. The third-order valence-corrected chi connectivity index (χ3v) is 3.28. The van der Waals surface area contributed by atoms with Crippen molar-refractivity contribution in [3.05, 3.63) is 35.4 Å². The van der Waals surface area contributed by atoms with Crippen LogP contribution in [0.1, 0.15) is 30.4 Å². The van der Waals surface area contributed by atoms with Crippen molar-refractivity contribution in [2.75, 3.05) is 6.54 Å². The van der Waals surface area contributed by atoms with E-state index in [9.17, 15) is 8.78 Å². The first-order chi connectivity index (χ1) is 8.24. The highest BCUT2D eigenvalue weighted by molar-refractivity contribution is 5.24. The average Bonchev–Trinajstić information content (AvgIpc) is 2.30. The minimum absolute atomic E-state index is 0.133. The molecule has 1 saturated heterocycles. The first-order valence-electron chi connectivity index (χ1n) is 6.33. The standard InChI is InChI=1S/C14H19F2N/c15-14(16)10-12-5-3-4-11(8-12)9-13-6-1-2-7-17-13/h3-5,8,13-14,17H,1-2,6-7,9-10H2. The Balaban J connectivity index is 1.95. The maximum Gasteiger partial charge on any atom is 0.242 e. The molecule has 94 valence electrons. The van der Waals surface area contributed by atoms with E-state index in [1.807, 2.05) is 18.2 Å². The number of hydrogen-bond donors (Lipinski definition) is 1. The quantitative estimate of drug-likeness (QED) is 0.851. The van der Waals surface area contributed by atoms with Crippen LogP contribution in [-0.4, -0.2) is 19.0 Å². The van der Waals surface area contributed by atoms with Gasteiger partial charge in [0.1, 0.15) is 0 Å². The van der Waals surface area contributed by atoms with E-state index in [4.69, 9.17) is 0 Å². The molecule has 0 spiro atoms. The van der Waals surface area contributed by atoms with Gasteiger partial charge in [-0.15, -0.1) is 0 Å². The molecule has 1 aliphatic heterocycles. The summed E-state index contributed by atoms with van der Waals surface area (Å²) in [6, 6.07) is 8.14. The van der Waals surface area contributed by atoms with E-state index < -0.39 is 6.43 Å². The van der Waals surface area contributed by atoms with Crippen LogP contribution in [0, 0.1) is 0 Å². The van der Waals surface area contributed by atoms with Gasteiger partial charge < -0.3 is 5.32 Å². The van der Waals surface area contributed by atoms with Crippen LogP contribution >= 0.6 is 0 Å². The fourth-order valence-corrected chi connectivity index (χ4v) is 2.44. The van der Waals surface area contributed by atoms with Gasteiger partial charge in [0.15, 0.2) is 0 Å². The number of hydrogen-bond acceptors (Lipinski definition) is 1. The molecular formula is C14H19F2N. The average molecular weight is 239 g/mol. The Bertz CT molecular complexity index is 346. The minimum Gasteiger partial charge on any atom is -0.314 e. The smallest absolute Gasteiger partial charge is 0.242 e. The SMILES string of the molecule is FC(F)Cc1cccc(CC2CCCCN2)c1. The summed E-state index contributed by atoms with van der Waals surface area (Å²) in [6.45, 7) is 1.08. The van der Waals surface area contributed by atoms with Gasteiger partial charge in [-0.25, -0.2) is 8.78 Å². The summed E-state index contributed by atoms with van der Waals surface area (Å²) in [5, 5.41) is 3.48. The minimum atomic E-state index is -2.25. The second-order valence-corrected chi connectivity index (χ2v) is 4.77. The lowest BCUT2D eigenvalue weighted by atomic mass is 9.96. The Morgan fingerprint density at radius 2 is 2.06 bits per heavy atom. The number of halogens is 2. The molecule has 1 unspecified atom stereocenters. The van der Waals surface area contributed by atoms with Crippen LogP contribution in [0.4, 0.5) is 8.78 Å². The van der Waals surface area contributed by atoms with Crippen LogP contribution in [0.2, 0.25) is 0 Å². The normalized spacial score (nSPS) is 20.8. The highest BCUT2D eigenvalue weighted by Crippen LogP contribution is 2.15. The summed E-state index contributed by atoms with van der Waals surface area (Å²) < 4.78 is 24.6. The molecule has 0 aliphatic carbocycles. The zero-order valence-corrected chi connectivity index (χ0v) is 9.96. The molecule has 1 aromatic rings. The third kappa shape index (κ3) is 4.08. The highest BCUT2D eigenvalue weighted by Gasteiger charge is 2.13. The van der Waals surface area contributed by atoms with Crippen LogP contribution < -0.4 is 5.32 Å². The van der Waals surface area contributed by atoms with Gasteiger partial charge in [-0.2, -0.15) is 0 Å². The molecule has 1 N–H and O–H groups in total. The summed E-state index contributed by atoms with van der Waals surface area (Å²) in [5.41, 5.74) is 1.91. The Hall–Kier alpha value is -0.960. The molecule has 1 nitrogen and oxygen atoms in total. The van der Waals surface area contributed by atoms with Crippen molar-refractivity contribution in [1.29, 1.82) is 0 Å². The van der Waals surface area contributed by atoms with Gasteiger partial charge in [-0.05, 0) is 36.9 Å². The van der Waals surface area contributed by atoms with Crippen molar-refractivity contribution in [3.8, 4) is 0 Å². The number of alkyl halides is 2. The van der Waals surface area contributed by atoms with Crippen LogP contribution in [0.3, 0.4) is 0 Å². The molecule has 3 heteroatoms. The van der Waals surface area contributed by atoms with Gasteiger partial charge in [-0.3, -0.25) is 0 Å². The zero-order chi connectivity index (χ0) is 12.1. The maximum absolute atomic E-state index is 12.3. The second-order valence-electron chi connectivity index (χ2n) is 4.77. The largest absolute Gasteiger partial charge is 0.314 e. The van der Waals surface area contributed by atoms with E-state index in [2.05, 4.69) is 5.32 Å². The van der Waals surface area contributed by atoms with E-state index >= 15 is 0 Å². The van der Waals surface area contributed by atoms with E-state index in [1.165, 1.54) is 24.8 Å². The lowest BCUT2D eigenvalue weighted by molar-refractivity contribution is 0.149. The monoisotopic (exact) mass is 239 g/mol. The molecule has 1 fully saturated rings. The zero-order valence-electron chi connectivity index (χ0n) is 9.96. The predicted octanol–water partition coefficient (Wildman–Crippen LogP) is 3.18.